The number of likely N-dealkylation sites (N-methyl/N-ethyl adjacent to an activating group) is 1. The maximum absolute atomic E-state index is 4.64. The van der Waals surface area contributed by atoms with Crippen LogP contribution in [-0.2, 0) is 0 Å². The lowest BCUT2D eigenvalue weighted by atomic mass is 9.46. The molecule has 34 heavy (non-hydrogen) atoms. The van der Waals surface area contributed by atoms with Gasteiger partial charge < -0.3 is 0 Å². The number of nitrogens with zero attached hydrogens (tertiary/aromatic N) is 1. The van der Waals surface area contributed by atoms with Crippen LogP contribution in [-0.4, -0.2) is 18.2 Å². The molecule has 0 amide bonds. The van der Waals surface area contributed by atoms with Gasteiger partial charge in [0.05, 0.1) is 13.2 Å². The van der Waals surface area contributed by atoms with Gasteiger partial charge in [-0.2, -0.15) is 4.59 Å². The molecular formula is C31H56N3+. The van der Waals surface area contributed by atoms with Gasteiger partial charge in [0.1, 0.15) is 12.7 Å². The van der Waals surface area contributed by atoms with Crippen molar-refractivity contribution in [3.05, 3.63) is 36.2 Å². The van der Waals surface area contributed by atoms with Crippen molar-refractivity contribution in [1.29, 1.82) is 0 Å². The van der Waals surface area contributed by atoms with Crippen molar-refractivity contribution < 1.29 is 4.59 Å². The van der Waals surface area contributed by atoms with Crippen molar-refractivity contribution in [2.45, 2.75) is 107 Å². The summed E-state index contributed by atoms with van der Waals surface area (Å²) >= 11 is 0. The largest absolute Gasteiger partial charge is 0.280 e. The van der Waals surface area contributed by atoms with Crippen molar-refractivity contribution >= 4 is 0 Å². The first kappa shape index (κ1) is 27.5. The predicted molar refractivity (Wildman–Crippen MR) is 147 cm³/mol. The highest BCUT2D eigenvalue weighted by atomic mass is 15.8. The average Bonchev–Trinajstić information content (AvgIpc) is 3.39. The third-order valence-electron chi connectivity index (χ3n) is 10.4. The number of hydrogen-bond acceptors (Lipinski definition) is 2. The van der Waals surface area contributed by atoms with Gasteiger partial charge in [-0.15, -0.1) is 0 Å². The van der Waals surface area contributed by atoms with Gasteiger partial charge in [-0.05, 0) is 96.9 Å². The SMILES string of the molecule is C=C(C[N+]1(C)C=CNN1)C1CCC2C3CCC4CC(C)(C)CCC4(C)C3=CCC12C.CC.CC. The highest BCUT2D eigenvalue weighted by Crippen LogP contribution is 2.67. The molecule has 0 aromatic carbocycles. The Hall–Kier alpha value is -1.06. The molecule has 0 aromatic heterocycles. The number of hydrogen-bond donors (Lipinski definition) is 2. The lowest BCUT2D eigenvalue weighted by molar-refractivity contribution is -0.898. The molecule has 3 fully saturated rings. The third kappa shape index (κ3) is 4.69. The predicted octanol–water partition coefficient (Wildman–Crippen LogP) is 8.14. The van der Waals surface area contributed by atoms with Crippen LogP contribution in [0.25, 0.3) is 0 Å². The Morgan fingerprint density at radius 2 is 1.74 bits per heavy atom. The summed E-state index contributed by atoms with van der Waals surface area (Å²) in [5.74, 6) is 3.25. The molecule has 0 bridgehead atoms. The summed E-state index contributed by atoms with van der Waals surface area (Å²) in [5.41, 5.74) is 11.3. The van der Waals surface area contributed by atoms with E-state index in [1.165, 1.54) is 56.9 Å². The van der Waals surface area contributed by atoms with Crippen molar-refractivity contribution in [3.63, 3.8) is 0 Å². The fourth-order valence-electron chi connectivity index (χ4n) is 8.63. The van der Waals surface area contributed by atoms with Gasteiger partial charge in [-0.3, -0.25) is 5.43 Å². The summed E-state index contributed by atoms with van der Waals surface area (Å²) in [6, 6.07) is 0. The zero-order chi connectivity index (χ0) is 25.4. The zero-order valence-electron chi connectivity index (χ0n) is 24.1. The monoisotopic (exact) mass is 470 g/mol. The molecule has 1 heterocycles. The minimum Gasteiger partial charge on any atom is -0.280 e. The van der Waals surface area contributed by atoms with E-state index in [2.05, 4.69) is 64.6 Å². The molecule has 1 aliphatic heterocycles. The van der Waals surface area contributed by atoms with Gasteiger partial charge in [0.15, 0.2) is 0 Å². The molecule has 5 aliphatic rings. The van der Waals surface area contributed by atoms with E-state index in [1.54, 1.807) is 0 Å². The summed E-state index contributed by atoms with van der Waals surface area (Å²) in [6.45, 7) is 23.9. The molecule has 194 valence electrons. The molecule has 7 unspecified atom stereocenters. The van der Waals surface area contributed by atoms with E-state index in [0.717, 1.165) is 28.9 Å². The van der Waals surface area contributed by atoms with E-state index in [0.29, 0.717) is 22.2 Å². The third-order valence-corrected chi connectivity index (χ3v) is 10.4. The molecule has 0 aromatic rings. The molecule has 0 spiro atoms. The maximum Gasteiger partial charge on any atom is 0.134 e. The molecular weight excluding hydrogens is 414 g/mol. The summed E-state index contributed by atoms with van der Waals surface area (Å²) in [4.78, 5) is 0. The second-order valence-corrected chi connectivity index (χ2v) is 12.9. The number of allylic oxidation sites excluding steroid dienone is 2. The molecule has 4 aliphatic carbocycles. The van der Waals surface area contributed by atoms with Crippen molar-refractivity contribution in [2.75, 3.05) is 13.6 Å². The number of nitrogens with one attached hydrogen (secondary N) is 2. The fourth-order valence-corrected chi connectivity index (χ4v) is 8.63. The van der Waals surface area contributed by atoms with Crippen LogP contribution in [0.5, 0.6) is 0 Å². The standard InChI is InChI=1S/C27H44N3.2C2H6/c1-19(18-30(6)16-15-28-29-30)22-9-10-23-21-8-7-20-17-25(2,3)13-14-26(20,4)24(21)11-12-27(22,23)5;2*1-2/h11,15-16,20-23,28-29H,1,7-10,12-14,17-18H2,2-6H3;2*1-2H3/q+1;;. The Labute approximate surface area is 212 Å². The highest BCUT2D eigenvalue weighted by molar-refractivity contribution is 5.30. The Morgan fingerprint density at radius 3 is 2.38 bits per heavy atom. The minimum atomic E-state index is 0.401. The second-order valence-electron chi connectivity index (χ2n) is 12.9. The van der Waals surface area contributed by atoms with Crippen LogP contribution in [0, 0.1) is 39.9 Å². The lowest BCUT2D eigenvalue weighted by Crippen LogP contribution is -2.53. The van der Waals surface area contributed by atoms with Crippen LogP contribution < -0.4 is 11.0 Å². The molecule has 0 saturated heterocycles. The first-order valence-corrected chi connectivity index (χ1v) is 14.5. The van der Waals surface area contributed by atoms with Crippen molar-refractivity contribution in [1.82, 2.24) is 11.0 Å². The number of rotatable bonds is 3. The summed E-state index contributed by atoms with van der Waals surface area (Å²) in [7, 11) is 2.22. The Balaban J connectivity index is 0.000000771. The first-order chi connectivity index (χ1) is 16.1. The van der Waals surface area contributed by atoms with Gasteiger partial charge in [0, 0.05) is 0 Å². The minimum absolute atomic E-state index is 0.401. The van der Waals surface area contributed by atoms with Crippen LogP contribution in [0.3, 0.4) is 0 Å². The van der Waals surface area contributed by atoms with Crippen LogP contribution in [0.1, 0.15) is 107 Å². The molecule has 2 N–H and O–H groups in total. The van der Waals surface area contributed by atoms with Gasteiger partial charge in [0.25, 0.3) is 0 Å². The normalized spacial score (nSPS) is 43.5. The highest BCUT2D eigenvalue weighted by Gasteiger charge is 2.58. The topological polar surface area (TPSA) is 24.1 Å². The summed E-state index contributed by atoms with van der Waals surface area (Å²) < 4.78 is 0.718. The molecule has 0 radical (unpaired) electrons. The number of fused-ring (bicyclic) bond motifs is 5. The zero-order valence-corrected chi connectivity index (χ0v) is 24.1. The summed E-state index contributed by atoms with van der Waals surface area (Å²) in [5, 5.41) is 0. The van der Waals surface area contributed by atoms with Crippen molar-refractivity contribution in [2.24, 2.45) is 39.9 Å². The molecule has 3 nitrogen and oxygen atoms in total. The first-order valence-electron chi connectivity index (χ1n) is 14.5. The smallest absolute Gasteiger partial charge is 0.134 e. The molecule has 3 heteroatoms. The van der Waals surface area contributed by atoms with E-state index in [4.69, 9.17) is 0 Å². The van der Waals surface area contributed by atoms with Crippen LogP contribution in [0.15, 0.2) is 36.2 Å². The van der Waals surface area contributed by atoms with Crippen LogP contribution >= 0.6 is 0 Å². The quantitative estimate of drug-likeness (QED) is 0.321. The van der Waals surface area contributed by atoms with E-state index in [9.17, 15) is 0 Å². The molecule has 5 rings (SSSR count). The Kier molecular flexibility index (Phi) is 8.20. The Morgan fingerprint density at radius 1 is 1.03 bits per heavy atom. The van der Waals surface area contributed by atoms with Crippen molar-refractivity contribution in [3.8, 4) is 0 Å². The van der Waals surface area contributed by atoms with Gasteiger partial charge in [0.2, 0.25) is 0 Å². The summed E-state index contributed by atoms with van der Waals surface area (Å²) in [6.07, 6.45) is 18.1. The van der Waals surface area contributed by atoms with Crippen LogP contribution in [0.2, 0.25) is 0 Å². The fraction of sp³-hybridized carbons (Fsp3) is 0.806. The van der Waals surface area contributed by atoms with E-state index >= 15 is 0 Å². The van der Waals surface area contributed by atoms with Gasteiger partial charge in [-0.1, -0.05) is 79.2 Å². The maximum atomic E-state index is 4.64. The lowest BCUT2D eigenvalue weighted by Gasteiger charge is -2.58. The molecule has 7 atom stereocenters. The average molecular weight is 471 g/mol. The van der Waals surface area contributed by atoms with E-state index in [1.807, 2.05) is 39.5 Å². The van der Waals surface area contributed by atoms with E-state index < -0.39 is 0 Å². The van der Waals surface area contributed by atoms with E-state index in [-0.39, 0.29) is 0 Å². The van der Waals surface area contributed by atoms with Gasteiger partial charge >= 0.3 is 0 Å². The number of hydrazine groups is 1. The van der Waals surface area contributed by atoms with Crippen LogP contribution in [0.4, 0.5) is 0 Å². The van der Waals surface area contributed by atoms with Gasteiger partial charge in [-0.25, -0.2) is 0 Å². The molecule has 3 saturated carbocycles. The second kappa shape index (κ2) is 10.1. The Bertz CT molecular complexity index is 794. The number of quaternary nitrogens is 1.